The maximum atomic E-state index is 13.8. The van der Waals surface area contributed by atoms with Crippen LogP contribution in [0.15, 0.2) is 60.9 Å². The summed E-state index contributed by atoms with van der Waals surface area (Å²) in [6.45, 7) is 12.7. The molecule has 2 aliphatic rings. The maximum Gasteiger partial charge on any atom is 0.421 e. The number of pyridine rings is 2. The Morgan fingerprint density at radius 2 is 1.15 bits per heavy atom. The second-order valence-corrected chi connectivity index (χ2v) is 20.3. The molecule has 25 heteroatoms. The Labute approximate surface area is 459 Å². The van der Waals surface area contributed by atoms with Crippen LogP contribution in [0.4, 0.5) is 42.5 Å². The van der Waals surface area contributed by atoms with Crippen molar-refractivity contribution >= 4 is 53.0 Å². The van der Waals surface area contributed by atoms with Gasteiger partial charge in [0.15, 0.2) is 0 Å². The van der Waals surface area contributed by atoms with Crippen LogP contribution in [0.5, 0.6) is 23.3 Å². The Balaban J connectivity index is 0.000000291. The molecule has 0 radical (unpaired) electrons. The molecule has 0 aliphatic heterocycles. The lowest BCUT2D eigenvalue weighted by molar-refractivity contribution is -0.139. The van der Waals surface area contributed by atoms with Crippen molar-refractivity contribution in [3.8, 4) is 23.3 Å². The van der Waals surface area contributed by atoms with E-state index in [0.717, 1.165) is 73.6 Å². The van der Waals surface area contributed by atoms with Crippen LogP contribution in [0.3, 0.4) is 0 Å². The highest BCUT2D eigenvalue weighted by Gasteiger charge is 2.39. The van der Waals surface area contributed by atoms with Crippen LogP contribution in [0, 0.1) is 23.7 Å². The number of methoxy groups -OCH3 is 1. The van der Waals surface area contributed by atoms with Crippen molar-refractivity contribution in [3.05, 3.63) is 99.8 Å². The highest BCUT2D eigenvalue weighted by atomic mass is 35.5. The zero-order valence-corrected chi connectivity index (χ0v) is 45.8. The summed E-state index contributed by atoms with van der Waals surface area (Å²) in [5.74, 6) is 1.49. The van der Waals surface area contributed by atoms with Gasteiger partial charge in [-0.1, -0.05) is 13.8 Å². The van der Waals surface area contributed by atoms with Crippen molar-refractivity contribution in [2.24, 2.45) is 29.5 Å². The molecule has 79 heavy (non-hydrogen) atoms. The van der Waals surface area contributed by atoms with Crippen molar-refractivity contribution < 1.29 is 74.4 Å². The third kappa shape index (κ3) is 17.1. The lowest BCUT2D eigenvalue weighted by Gasteiger charge is -2.34. The molecular formula is C54H66ClF6N8O10-. The second-order valence-electron chi connectivity index (χ2n) is 19.9. The average Bonchev–Trinajstić information content (AvgIpc) is 3.54. The van der Waals surface area contributed by atoms with Gasteiger partial charge in [0.2, 0.25) is 23.6 Å². The summed E-state index contributed by atoms with van der Waals surface area (Å²) in [4.78, 5) is 74.0. The summed E-state index contributed by atoms with van der Waals surface area (Å²) in [6.07, 6.45) is -1.57. The van der Waals surface area contributed by atoms with E-state index in [4.69, 9.17) is 36.6 Å². The third-order valence-corrected chi connectivity index (χ3v) is 13.5. The van der Waals surface area contributed by atoms with E-state index in [2.05, 4.69) is 34.7 Å². The Morgan fingerprint density at radius 3 is 1.56 bits per heavy atom. The van der Waals surface area contributed by atoms with Crippen LogP contribution in [-0.2, 0) is 44.5 Å². The first kappa shape index (κ1) is 63.1. The van der Waals surface area contributed by atoms with Crippen molar-refractivity contribution in [1.82, 2.24) is 19.8 Å². The topological polar surface area (TPSA) is 230 Å². The highest BCUT2D eigenvalue weighted by Crippen LogP contribution is 2.42. The molecule has 4 aromatic rings. The van der Waals surface area contributed by atoms with Crippen molar-refractivity contribution in [2.45, 2.75) is 137 Å². The van der Waals surface area contributed by atoms with Crippen LogP contribution in [0.1, 0.15) is 143 Å². The number of hydrogen-bond donors (Lipinski definition) is 3. The number of esters is 1. The van der Waals surface area contributed by atoms with E-state index in [9.17, 15) is 55.4 Å². The number of ether oxygens (including phenoxy) is 4. The van der Waals surface area contributed by atoms with Crippen LogP contribution in [-0.4, -0.2) is 75.2 Å². The summed E-state index contributed by atoms with van der Waals surface area (Å²) < 4.78 is 104. The minimum atomic E-state index is -4.85. The summed E-state index contributed by atoms with van der Waals surface area (Å²) in [7, 11) is 1.18. The number of amides is 3. The van der Waals surface area contributed by atoms with E-state index >= 15 is 0 Å². The number of carbonyl (C=O) groups excluding carboxylic acids is 4. The Morgan fingerprint density at radius 1 is 0.722 bits per heavy atom. The molecule has 2 aromatic heterocycles. The maximum absolute atomic E-state index is 13.8. The molecule has 18 nitrogen and oxygen atoms in total. The number of anilines is 2. The second kappa shape index (κ2) is 27.9. The number of carbonyl (C=O) groups is 5. The quantitative estimate of drug-likeness (QED) is 0.0277. The number of carboxylic acids is 1. The molecule has 2 fully saturated rings. The zero-order chi connectivity index (χ0) is 58.5. The Bertz CT molecular complexity index is 2770. The highest BCUT2D eigenvalue weighted by molar-refractivity contribution is 6.13. The van der Waals surface area contributed by atoms with Crippen molar-refractivity contribution in [3.63, 3.8) is 0 Å². The summed E-state index contributed by atoms with van der Waals surface area (Å²) in [6, 6.07) is 8.83. The molecule has 4 N–H and O–H groups in total. The first-order valence-corrected chi connectivity index (χ1v) is 26.0. The predicted molar refractivity (Wildman–Crippen MR) is 280 cm³/mol. The number of rotatable bonds is 18. The zero-order valence-electron chi connectivity index (χ0n) is 45.0. The lowest BCUT2D eigenvalue weighted by atomic mass is 9.82. The van der Waals surface area contributed by atoms with Crippen LogP contribution in [0.25, 0.3) is 5.53 Å². The van der Waals surface area contributed by atoms with Gasteiger partial charge < -0.3 is 55.1 Å². The molecule has 2 heterocycles. The predicted octanol–water partition coefficient (Wildman–Crippen LogP) is 12.8. The standard InChI is InChI=1S/C28H34F3N3O6.C26H32ClF3N5O4/c1-5-39-27(38)33-15-18-12-22(28(29,30)31)24(32-14-18)40-20-10-11-23(21(13-20)26(36)37)34(16(2)3)25(35)19-8-6-17(4)7-9-19;1-15(2)35(24(36)18-7-5-16(3)6-8-18)22-10-9-19(12-20(22)25(37)38-4)39-23-21(26(28,29)30)11-17(13-32-23)14-34(27)33-31/h10-14,16-17,19H,5-9,15H2,1-4H3,(H,33,38)(H,36,37);9-13,15-16,18H,5-8,14,31H2,1-4H3/q;-1. The monoisotopic (exact) mass is 1140 g/mol. The third-order valence-electron chi connectivity index (χ3n) is 13.3. The molecule has 0 atom stereocenters. The normalized spacial score (nSPS) is 17.6. The van der Waals surface area contributed by atoms with Gasteiger partial charge in [-0.3, -0.25) is 9.59 Å². The number of benzene rings is 2. The number of hydrogen-bond acceptors (Lipinski definition) is 13. The molecule has 432 valence electrons. The molecule has 2 aliphatic carbocycles. The largest absolute Gasteiger partial charge is 0.517 e. The molecule has 0 saturated heterocycles. The Hall–Kier alpha value is -6.76. The van der Waals surface area contributed by atoms with Gasteiger partial charge in [-0.2, -0.15) is 26.3 Å². The molecular weight excluding hydrogens is 1070 g/mol. The number of aromatic nitrogens is 2. The number of carboxylic acid groups (broad SMARTS) is 1. The molecule has 2 saturated carbocycles. The van der Waals surface area contributed by atoms with Crippen LogP contribution >= 0.6 is 11.8 Å². The van der Waals surface area contributed by atoms with Gasteiger partial charge in [0.05, 0.1) is 36.2 Å². The van der Waals surface area contributed by atoms with Gasteiger partial charge in [-0.15, -0.1) is 0 Å². The van der Waals surface area contributed by atoms with E-state index in [1.807, 2.05) is 13.8 Å². The van der Waals surface area contributed by atoms with Crippen LogP contribution in [0.2, 0.25) is 0 Å². The van der Waals surface area contributed by atoms with E-state index in [1.165, 1.54) is 42.3 Å². The fraction of sp³-hybridized carbons (Fsp3) is 0.500. The summed E-state index contributed by atoms with van der Waals surface area (Å²) in [5.41, 5.74) is 1.08. The fourth-order valence-electron chi connectivity index (χ4n) is 9.25. The van der Waals surface area contributed by atoms with Gasteiger partial charge in [-0.25, -0.2) is 24.4 Å². The van der Waals surface area contributed by atoms with Gasteiger partial charge in [-0.05, 0) is 169 Å². The van der Waals surface area contributed by atoms with Gasteiger partial charge in [0.1, 0.15) is 22.6 Å². The molecule has 0 spiro atoms. The minimum absolute atomic E-state index is 0.0197. The minimum Gasteiger partial charge on any atom is -0.517 e. The number of nitrogens with one attached hydrogen (secondary N) is 1. The number of nitrogens with zero attached hydrogens (tertiary/aromatic N) is 6. The first-order valence-electron chi connectivity index (χ1n) is 25.7. The Kier molecular flexibility index (Phi) is 22.3. The van der Waals surface area contributed by atoms with Gasteiger partial charge >= 0.3 is 30.4 Å². The molecule has 2 aromatic carbocycles. The average molecular weight is 1140 g/mol. The lowest BCUT2D eigenvalue weighted by Crippen LogP contribution is -2.43. The SMILES string of the molecule is CCOC(=O)NCc1cnc(Oc2ccc(N(C(=O)C3CCC(C)CC3)C(C)C)c(C(=O)O)c2)c(C(F)(F)F)c1.COC(=O)c1cc(Oc2ncc(CN(Cl)[N-]N)cc2C(F)(F)F)ccc1N(C(=O)C1CCC(C)CC1)C(C)C. The van der Waals surface area contributed by atoms with E-state index in [-0.39, 0.29) is 94.9 Å². The van der Waals surface area contributed by atoms with Crippen molar-refractivity contribution in [1.29, 1.82) is 0 Å². The summed E-state index contributed by atoms with van der Waals surface area (Å²) in [5, 5.41) is 12.3. The number of nitrogens with two attached hydrogens (primary N) is 1. The number of aromatic carboxylic acids is 1. The number of alkyl carbamates (subject to hydrolysis) is 1. The van der Waals surface area contributed by atoms with E-state index in [1.54, 1.807) is 25.7 Å². The number of alkyl halides is 6. The van der Waals surface area contributed by atoms with E-state index < -0.39 is 53.3 Å². The number of halogens is 7. The van der Waals surface area contributed by atoms with Gasteiger partial charge in [0.25, 0.3) is 0 Å². The molecule has 3 amide bonds. The van der Waals surface area contributed by atoms with Crippen molar-refractivity contribution in [2.75, 3.05) is 23.5 Å². The summed E-state index contributed by atoms with van der Waals surface area (Å²) >= 11 is 5.67. The van der Waals surface area contributed by atoms with Crippen LogP contribution < -0.4 is 30.4 Å². The fourth-order valence-corrected chi connectivity index (χ4v) is 9.38. The smallest absolute Gasteiger partial charge is 0.421 e. The molecule has 0 bridgehead atoms. The van der Waals surface area contributed by atoms with E-state index in [0.29, 0.717) is 30.4 Å². The molecule has 6 rings (SSSR count). The first-order chi connectivity index (χ1) is 37.2. The van der Waals surface area contributed by atoms with Gasteiger partial charge in [0, 0.05) is 49.4 Å². The molecule has 0 unspecified atom stereocenters.